The molecule has 2 rings (SSSR count). The summed E-state index contributed by atoms with van der Waals surface area (Å²) in [7, 11) is 0. The van der Waals surface area contributed by atoms with Gasteiger partial charge >= 0.3 is 0 Å². The highest BCUT2D eigenvalue weighted by molar-refractivity contribution is 14.1. The molecule has 0 fully saturated rings. The van der Waals surface area contributed by atoms with Gasteiger partial charge in [-0.1, -0.05) is 11.6 Å². The van der Waals surface area contributed by atoms with Crippen molar-refractivity contribution < 1.29 is 0 Å². The van der Waals surface area contributed by atoms with Crippen LogP contribution in [0.15, 0.2) is 12.4 Å². The Morgan fingerprint density at radius 3 is 3.08 bits per heavy atom. The summed E-state index contributed by atoms with van der Waals surface area (Å²) < 4.78 is 2.73. The molecule has 0 bridgehead atoms. The predicted octanol–water partition coefficient (Wildman–Crippen LogP) is 2.30. The number of aryl methyl sites for hydroxylation is 1. The molecule has 3 nitrogen and oxygen atoms in total. The van der Waals surface area contributed by atoms with E-state index in [1.165, 1.54) is 0 Å². The van der Waals surface area contributed by atoms with Crippen LogP contribution in [0, 0.1) is 10.5 Å². The first-order valence-corrected chi connectivity index (χ1v) is 4.80. The Kier molecular flexibility index (Phi) is 1.96. The number of rotatable bonds is 0. The van der Waals surface area contributed by atoms with Gasteiger partial charge in [0.2, 0.25) is 0 Å². The van der Waals surface area contributed by atoms with Crippen molar-refractivity contribution in [3.8, 4) is 0 Å². The van der Waals surface area contributed by atoms with E-state index in [1.54, 1.807) is 10.7 Å². The van der Waals surface area contributed by atoms with Gasteiger partial charge in [-0.2, -0.15) is 5.10 Å². The zero-order valence-corrected chi connectivity index (χ0v) is 9.17. The number of hydrogen-bond donors (Lipinski definition) is 0. The molecule has 0 aliphatic heterocycles. The van der Waals surface area contributed by atoms with Crippen molar-refractivity contribution in [1.29, 1.82) is 0 Å². The Morgan fingerprint density at radius 2 is 2.33 bits per heavy atom. The molecule has 0 saturated heterocycles. The second-order valence-corrected chi connectivity index (χ2v) is 4.00. The van der Waals surface area contributed by atoms with E-state index in [1.807, 2.05) is 13.1 Å². The summed E-state index contributed by atoms with van der Waals surface area (Å²) in [5.74, 6) is 0. The van der Waals surface area contributed by atoms with Crippen molar-refractivity contribution >= 4 is 39.8 Å². The molecule has 0 amide bonds. The van der Waals surface area contributed by atoms with Crippen LogP contribution >= 0.6 is 34.2 Å². The lowest BCUT2D eigenvalue weighted by Gasteiger charge is -1.97. The second-order valence-electron chi connectivity index (χ2n) is 2.48. The van der Waals surface area contributed by atoms with Gasteiger partial charge in [-0.25, -0.2) is 9.50 Å². The zero-order chi connectivity index (χ0) is 8.72. The summed E-state index contributed by atoms with van der Waals surface area (Å²) in [6.07, 6.45) is 3.63. The van der Waals surface area contributed by atoms with E-state index in [0.29, 0.717) is 5.15 Å². The molecule has 0 atom stereocenters. The maximum Gasteiger partial charge on any atom is 0.169 e. The molecule has 0 saturated carbocycles. The molecule has 0 aromatic carbocycles. The summed E-state index contributed by atoms with van der Waals surface area (Å²) >= 11 is 8.04. The van der Waals surface area contributed by atoms with Crippen LogP contribution in [0.5, 0.6) is 0 Å². The highest BCUT2D eigenvalue weighted by Gasteiger charge is 2.04. The number of nitrogens with zero attached hydrogens (tertiary/aromatic N) is 3. The minimum atomic E-state index is 0.543. The lowest BCUT2D eigenvalue weighted by Crippen LogP contribution is -1.92. The van der Waals surface area contributed by atoms with Crippen molar-refractivity contribution in [2.24, 2.45) is 0 Å². The van der Waals surface area contributed by atoms with Gasteiger partial charge in [0.05, 0.1) is 9.77 Å². The van der Waals surface area contributed by atoms with Crippen LogP contribution in [0.4, 0.5) is 0 Å². The first-order chi connectivity index (χ1) is 5.68. The number of fused-ring (bicyclic) bond motifs is 1. The van der Waals surface area contributed by atoms with Gasteiger partial charge in [0, 0.05) is 11.8 Å². The highest BCUT2D eigenvalue weighted by atomic mass is 127. The van der Waals surface area contributed by atoms with Gasteiger partial charge in [0.25, 0.3) is 0 Å². The third-order valence-corrected chi connectivity index (χ3v) is 2.72. The molecule has 0 N–H and O–H groups in total. The molecule has 12 heavy (non-hydrogen) atoms. The Hall–Kier alpha value is -0.360. The average molecular weight is 293 g/mol. The molecule has 0 aliphatic carbocycles. The molecule has 2 aromatic rings. The van der Waals surface area contributed by atoms with Crippen LogP contribution in [0.25, 0.3) is 5.65 Å². The van der Waals surface area contributed by atoms with Crippen molar-refractivity contribution in [2.75, 3.05) is 0 Å². The molecule has 0 spiro atoms. The third-order valence-electron chi connectivity index (χ3n) is 1.57. The molecule has 0 aliphatic rings. The van der Waals surface area contributed by atoms with E-state index < -0.39 is 0 Å². The molecule has 5 heteroatoms. The van der Waals surface area contributed by atoms with E-state index in [9.17, 15) is 0 Å². The van der Waals surface area contributed by atoms with Gasteiger partial charge in [0.1, 0.15) is 5.15 Å². The SMILES string of the molecule is Cc1cn2ncc(I)c2nc1Cl. The monoisotopic (exact) mass is 293 g/mol. The van der Waals surface area contributed by atoms with Crippen LogP contribution in [-0.2, 0) is 0 Å². The topological polar surface area (TPSA) is 30.2 Å². The van der Waals surface area contributed by atoms with Crippen molar-refractivity contribution in [3.63, 3.8) is 0 Å². The fraction of sp³-hybridized carbons (Fsp3) is 0.143. The first kappa shape index (κ1) is 8.25. The number of halogens is 2. The summed E-state index contributed by atoms with van der Waals surface area (Å²) in [5.41, 5.74) is 1.75. The summed E-state index contributed by atoms with van der Waals surface area (Å²) in [4.78, 5) is 4.19. The van der Waals surface area contributed by atoms with Gasteiger partial charge in [-0.05, 0) is 29.5 Å². The second kappa shape index (κ2) is 2.85. The number of hydrogen-bond acceptors (Lipinski definition) is 2. The summed E-state index contributed by atoms with van der Waals surface area (Å²) in [5, 5.41) is 4.65. The molecule has 2 heterocycles. The average Bonchev–Trinajstić information content (AvgIpc) is 2.35. The highest BCUT2D eigenvalue weighted by Crippen LogP contribution is 2.16. The largest absolute Gasteiger partial charge is 0.221 e. The minimum absolute atomic E-state index is 0.543. The zero-order valence-electron chi connectivity index (χ0n) is 6.25. The molecule has 0 unspecified atom stereocenters. The standard InChI is InChI=1S/C7H5ClIN3/c1-4-3-12-7(11-6(4)8)5(9)2-10-12/h2-3H,1H3. The van der Waals surface area contributed by atoms with E-state index in [4.69, 9.17) is 11.6 Å². The number of aromatic nitrogens is 3. The third kappa shape index (κ3) is 1.19. The Labute approximate surface area is 87.9 Å². The molecule has 0 radical (unpaired) electrons. The fourth-order valence-electron chi connectivity index (χ4n) is 0.952. The molecular weight excluding hydrogens is 288 g/mol. The van der Waals surface area contributed by atoms with Crippen LogP contribution in [0.3, 0.4) is 0 Å². The lowest BCUT2D eigenvalue weighted by atomic mass is 10.4. The molecular formula is C7H5ClIN3. The normalized spacial score (nSPS) is 10.9. The van der Waals surface area contributed by atoms with Crippen LogP contribution < -0.4 is 0 Å². The predicted molar refractivity (Wildman–Crippen MR) is 55.5 cm³/mol. The van der Waals surface area contributed by atoms with Crippen LogP contribution in [0.1, 0.15) is 5.56 Å². The van der Waals surface area contributed by atoms with Gasteiger partial charge < -0.3 is 0 Å². The van der Waals surface area contributed by atoms with E-state index in [-0.39, 0.29) is 0 Å². The summed E-state index contributed by atoms with van der Waals surface area (Å²) in [6, 6.07) is 0. The van der Waals surface area contributed by atoms with Gasteiger partial charge in [-0.15, -0.1) is 0 Å². The molecule has 62 valence electrons. The Bertz CT molecular complexity index is 437. The fourth-order valence-corrected chi connectivity index (χ4v) is 1.57. The lowest BCUT2D eigenvalue weighted by molar-refractivity contribution is 0.928. The van der Waals surface area contributed by atoms with Crippen molar-refractivity contribution in [1.82, 2.24) is 14.6 Å². The maximum absolute atomic E-state index is 5.86. The smallest absolute Gasteiger partial charge is 0.169 e. The minimum Gasteiger partial charge on any atom is -0.221 e. The van der Waals surface area contributed by atoms with Crippen molar-refractivity contribution in [2.45, 2.75) is 6.92 Å². The Balaban J connectivity index is 2.87. The first-order valence-electron chi connectivity index (χ1n) is 3.34. The quantitative estimate of drug-likeness (QED) is 0.551. The van der Waals surface area contributed by atoms with E-state index in [0.717, 1.165) is 14.8 Å². The van der Waals surface area contributed by atoms with Crippen LogP contribution in [0.2, 0.25) is 5.15 Å². The van der Waals surface area contributed by atoms with Crippen molar-refractivity contribution in [3.05, 3.63) is 26.7 Å². The summed E-state index contributed by atoms with van der Waals surface area (Å²) in [6.45, 7) is 1.91. The van der Waals surface area contributed by atoms with Gasteiger partial charge in [-0.3, -0.25) is 0 Å². The molecule has 2 aromatic heterocycles. The van der Waals surface area contributed by atoms with E-state index >= 15 is 0 Å². The Morgan fingerprint density at radius 1 is 1.58 bits per heavy atom. The maximum atomic E-state index is 5.86. The van der Waals surface area contributed by atoms with Crippen LogP contribution in [-0.4, -0.2) is 14.6 Å². The van der Waals surface area contributed by atoms with E-state index in [2.05, 4.69) is 32.7 Å². The van der Waals surface area contributed by atoms with Gasteiger partial charge in [0.15, 0.2) is 5.65 Å².